The van der Waals surface area contributed by atoms with Gasteiger partial charge in [0.15, 0.2) is 0 Å². The monoisotopic (exact) mass is 223 g/mol. The van der Waals surface area contributed by atoms with E-state index < -0.39 is 0 Å². The lowest BCUT2D eigenvalue weighted by Crippen LogP contribution is -2.23. The third kappa shape index (κ3) is 1.94. The summed E-state index contributed by atoms with van der Waals surface area (Å²) >= 11 is 5.98. The molecule has 0 bridgehead atoms. The third-order valence-electron chi connectivity index (χ3n) is 2.16. The molecule has 0 spiro atoms. The quantitative estimate of drug-likeness (QED) is 0.770. The van der Waals surface area contributed by atoms with E-state index in [0.717, 1.165) is 5.56 Å². The van der Waals surface area contributed by atoms with Gasteiger partial charge in [0.1, 0.15) is 6.33 Å². The summed E-state index contributed by atoms with van der Waals surface area (Å²) in [6.07, 6.45) is 1.49. The largest absolute Gasteiger partial charge is 0.345 e. The number of hydrogen-bond acceptors (Lipinski definition) is 2. The van der Waals surface area contributed by atoms with E-state index in [1.54, 1.807) is 13.1 Å². The summed E-state index contributed by atoms with van der Waals surface area (Å²) in [5.41, 5.74) is 0.745. The van der Waals surface area contributed by atoms with Gasteiger partial charge in [0.2, 0.25) is 0 Å². The molecular weight excluding hydrogens is 214 g/mol. The number of benzene rings is 1. The van der Waals surface area contributed by atoms with Gasteiger partial charge in [-0.1, -0.05) is 29.8 Å². The lowest BCUT2D eigenvalue weighted by Gasteiger charge is -2.02. The zero-order valence-electron chi connectivity index (χ0n) is 8.22. The molecule has 1 aromatic heterocycles. The van der Waals surface area contributed by atoms with Crippen LogP contribution in [0.25, 0.3) is 0 Å². The van der Waals surface area contributed by atoms with Crippen LogP contribution in [-0.4, -0.2) is 14.3 Å². The normalized spacial score (nSPS) is 10.5. The Bertz CT molecular complexity index is 529. The van der Waals surface area contributed by atoms with Gasteiger partial charge in [0.25, 0.3) is 0 Å². The van der Waals surface area contributed by atoms with Crippen LogP contribution in [0.5, 0.6) is 0 Å². The van der Waals surface area contributed by atoms with Crippen molar-refractivity contribution in [3.63, 3.8) is 0 Å². The summed E-state index contributed by atoms with van der Waals surface area (Å²) in [5, 5.41) is 4.61. The van der Waals surface area contributed by atoms with Gasteiger partial charge in [0, 0.05) is 12.1 Å². The van der Waals surface area contributed by atoms with Gasteiger partial charge in [-0.2, -0.15) is 5.10 Å². The first kappa shape index (κ1) is 9.98. The number of halogens is 1. The molecule has 0 radical (unpaired) electrons. The second-order valence-electron chi connectivity index (χ2n) is 3.27. The van der Waals surface area contributed by atoms with Gasteiger partial charge in [-0.15, -0.1) is 0 Å². The maximum atomic E-state index is 11.5. The lowest BCUT2D eigenvalue weighted by molar-refractivity contribution is 0.647. The van der Waals surface area contributed by atoms with E-state index in [-0.39, 0.29) is 5.69 Å². The van der Waals surface area contributed by atoms with E-state index in [4.69, 9.17) is 11.6 Å². The van der Waals surface area contributed by atoms with E-state index >= 15 is 0 Å². The van der Waals surface area contributed by atoms with Crippen molar-refractivity contribution in [1.29, 1.82) is 0 Å². The third-order valence-corrected chi connectivity index (χ3v) is 2.53. The topological polar surface area (TPSA) is 39.8 Å². The van der Waals surface area contributed by atoms with Crippen LogP contribution >= 0.6 is 11.6 Å². The second-order valence-corrected chi connectivity index (χ2v) is 3.68. The highest BCUT2D eigenvalue weighted by molar-refractivity contribution is 6.31. The Hall–Kier alpha value is -1.55. The van der Waals surface area contributed by atoms with Crippen LogP contribution in [0, 0.1) is 0 Å². The molecular formula is C10H10ClN3O. The molecule has 0 fully saturated rings. The zero-order valence-corrected chi connectivity index (χ0v) is 8.98. The Kier molecular flexibility index (Phi) is 2.60. The minimum atomic E-state index is -0.144. The van der Waals surface area contributed by atoms with E-state index in [1.165, 1.54) is 15.6 Å². The van der Waals surface area contributed by atoms with Crippen molar-refractivity contribution >= 4 is 11.6 Å². The molecule has 0 unspecified atom stereocenters. The van der Waals surface area contributed by atoms with Crippen molar-refractivity contribution in [2.45, 2.75) is 6.54 Å². The zero-order chi connectivity index (χ0) is 10.8. The second kappa shape index (κ2) is 3.90. The predicted molar refractivity (Wildman–Crippen MR) is 58.0 cm³/mol. The highest BCUT2D eigenvalue weighted by Crippen LogP contribution is 2.14. The average Bonchev–Trinajstić information content (AvgIpc) is 2.53. The van der Waals surface area contributed by atoms with Crippen LogP contribution < -0.4 is 5.69 Å². The van der Waals surface area contributed by atoms with Gasteiger partial charge in [-0.05, 0) is 11.6 Å². The van der Waals surface area contributed by atoms with Gasteiger partial charge in [-0.3, -0.25) is 4.57 Å². The molecule has 0 aliphatic carbocycles. The Morgan fingerprint density at radius 3 is 2.73 bits per heavy atom. The van der Waals surface area contributed by atoms with Gasteiger partial charge in [0.05, 0.1) is 6.54 Å². The van der Waals surface area contributed by atoms with Gasteiger partial charge >= 0.3 is 5.69 Å². The first-order valence-corrected chi connectivity index (χ1v) is 4.88. The van der Waals surface area contributed by atoms with E-state index in [0.29, 0.717) is 11.6 Å². The Morgan fingerprint density at radius 1 is 1.40 bits per heavy atom. The lowest BCUT2D eigenvalue weighted by atomic mass is 10.2. The SMILES string of the molecule is Cn1cnn(Cc2ccccc2Cl)c1=O. The summed E-state index contributed by atoms with van der Waals surface area (Å²) in [4.78, 5) is 11.5. The van der Waals surface area contributed by atoms with E-state index in [2.05, 4.69) is 5.10 Å². The minimum absolute atomic E-state index is 0.144. The fourth-order valence-corrected chi connectivity index (χ4v) is 1.51. The predicted octanol–water partition coefficient (Wildman–Crippen LogP) is 1.28. The molecule has 1 heterocycles. The van der Waals surface area contributed by atoms with Gasteiger partial charge in [-0.25, -0.2) is 9.48 Å². The minimum Gasteiger partial charge on any atom is -0.285 e. The van der Waals surface area contributed by atoms with Crippen LogP contribution in [0.2, 0.25) is 5.02 Å². The maximum Gasteiger partial charge on any atom is 0.345 e. The van der Waals surface area contributed by atoms with Crippen LogP contribution in [0.3, 0.4) is 0 Å². The average molecular weight is 224 g/mol. The fraction of sp³-hybridized carbons (Fsp3) is 0.200. The first-order valence-electron chi connectivity index (χ1n) is 4.50. The van der Waals surface area contributed by atoms with E-state index in [1.807, 2.05) is 18.2 Å². The number of aryl methyl sites for hydroxylation is 1. The molecule has 78 valence electrons. The van der Waals surface area contributed by atoms with Crippen LogP contribution in [0.15, 0.2) is 35.4 Å². The molecule has 0 aliphatic rings. The van der Waals surface area contributed by atoms with Gasteiger partial charge < -0.3 is 0 Å². The number of rotatable bonds is 2. The molecule has 0 N–H and O–H groups in total. The molecule has 15 heavy (non-hydrogen) atoms. The summed E-state index contributed by atoms with van der Waals surface area (Å²) < 4.78 is 2.80. The molecule has 1 aromatic carbocycles. The highest BCUT2D eigenvalue weighted by Gasteiger charge is 2.04. The molecule has 0 saturated carbocycles. The van der Waals surface area contributed by atoms with Crippen molar-refractivity contribution in [2.75, 3.05) is 0 Å². The van der Waals surface area contributed by atoms with Crippen LogP contribution in [-0.2, 0) is 13.6 Å². The van der Waals surface area contributed by atoms with Crippen molar-refractivity contribution in [1.82, 2.24) is 14.3 Å². The maximum absolute atomic E-state index is 11.5. The Morgan fingerprint density at radius 2 is 2.13 bits per heavy atom. The van der Waals surface area contributed by atoms with Crippen molar-refractivity contribution in [3.8, 4) is 0 Å². The highest BCUT2D eigenvalue weighted by atomic mass is 35.5. The number of nitrogens with zero attached hydrogens (tertiary/aromatic N) is 3. The molecule has 2 aromatic rings. The molecule has 0 amide bonds. The summed E-state index contributed by atoms with van der Waals surface area (Å²) in [7, 11) is 1.67. The van der Waals surface area contributed by atoms with Crippen molar-refractivity contribution in [2.24, 2.45) is 7.05 Å². The van der Waals surface area contributed by atoms with Crippen LogP contribution in [0.4, 0.5) is 0 Å². The molecule has 5 heteroatoms. The molecule has 0 atom stereocenters. The Labute approximate surface area is 91.7 Å². The van der Waals surface area contributed by atoms with Crippen molar-refractivity contribution < 1.29 is 0 Å². The summed E-state index contributed by atoms with van der Waals surface area (Å²) in [6, 6.07) is 7.41. The fourth-order valence-electron chi connectivity index (χ4n) is 1.32. The first-order chi connectivity index (χ1) is 7.18. The van der Waals surface area contributed by atoms with Crippen LogP contribution in [0.1, 0.15) is 5.56 Å². The van der Waals surface area contributed by atoms with Crippen molar-refractivity contribution in [3.05, 3.63) is 51.7 Å². The number of aromatic nitrogens is 3. The Balaban J connectivity index is 2.34. The summed E-state index contributed by atoms with van der Waals surface area (Å²) in [5.74, 6) is 0. The van der Waals surface area contributed by atoms with E-state index in [9.17, 15) is 4.79 Å². The molecule has 0 saturated heterocycles. The smallest absolute Gasteiger partial charge is 0.285 e. The molecule has 4 nitrogen and oxygen atoms in total. The molecule has 2 rings (SSSR count). The summed E-state index contributed by atoms with van der Waals surface area (Å²) in [6.45, 7) is 0.402. The molecule has 0 aliphatic heterocycles. The number of hydrogen-bond donors (Lipinski definition) is 0. The standard InChI is InChI=1S/C10H10ClN3O/c1-13-7-12-14(10(13)15)6-8-4-2-3-5-9(8)11/h2-5,7H,6H2,1H3.